The van der Waals surface area contributed by atoms with Crippen LogP contribution in [0.4, 0.5) is 0 Å². The molecule has 1 aromatic heterocycles. The van der Waals surface area contributed by atoms with Gasteiger partial charge in [0, 0.05) is 11.6 Å². The molecule has 1 unspecified atom stereocenters. The van der Waals surface area contributed by atoms with Crippen molar-refractivity contribution in [3.63, 3.8) is 0 Å². The van der Waals surface area contributed by atoms with Gasteiger partial charge >= 0.3 is 0 Å². The molecule has 1 amide bonds. The third-order valence-corrected chi connectivity index (χ3v) is 8.17. The van der Waals surface area contributed by atoms with Crippen molar-refractivity contribution in [3.05, 3.63) is 64.4 Å². The topological polar surface area (TPSA) is 89.2 Å². The van der Waals surface area contributed by atoms with Crippen LogP contribution in [-0.2, 0) is 21.3 Å². The highest BCUT2D eigenvalue weighted by molar-refractivity contribution is 7.91. The zero-order chi connectivity index (χ0) is 24.5. The molecule has 2 heterocycles. The number of carbonyl (C=O) groups is 1. The lowest BCUT2D eigenvalue weighted by atomic mass is 10.1. The number of likely N-dealkylation sites (N-methyl/N-ethyl adjacent to an activating group) is 1. The van der Waals surface area contributed by atoms with Crippen LogP contribution in [0.1, 0.15) is 17.5 Å². The normalized spacial score (nSPS) is 17.2. The summed E-state index contributed by atoms with van der Waals surface area (Å²) < 4.78 is 27.5. The van der Waals surface area contributed by atoms with Crippen molar-refractivity contribution >= 4 is 28.0 Å². The number of nitrogens with zero attached hydrogens (tertiary/aromatic N) is 4. The Bertz CT molecular complexity index is 1360. The highest BCUT2D eigenvalue weighted by atomic mass is 32.2. The molecule has 1 aliphatic heterocycles. The number of hydrogen-bond donors (Lipinski definition) is 1. The average Bonchev–Trinajstić information content (AvgIpc) is 3.29. The van der Waals surface area contributed by atoms with Crippen molar-refractivity contribution in [3.8, 4) is 17.1 Å². The molecule has 10 heteroatoms. The van der Waals surface area contributed by atoms with Gasteiger partial charge in [-0.1, -0.05) is 36.4 Å². The Balaban J connectivity index is 1.57. The zero-order valence-electron chi connectivity index (χ0n) is 19.6. The van der Waals surface area contributed by atoms with E-state index >= 15 is 0 Å². The van der Waals surface area contributed by atoms with Crippen LogP contribution in [0.2, 0.25) is 0 Å². The summed E-state index contributed by atoms with van der Waals surface area (Å²) in [6.45, 7) is 4.56. The van der Waals surface area contributed by atoms with Crippen LogP contribution in [0, 0.1) is 18.6 Å². The minimum Gasteiger partial charge on any atom is -0.351 e. The van der Waals surface area contributed by atoms with Crippen LogP contribution in [0.5, 0.6) is 0 Å². The summed E-state index contributed by atoms with van der Waals surface area (Å²) in [6, 6.07) is 15.7. The summed E-state index contributed by atoms with van der Waals surface area (Å²) in [5, 5.41) is 7.63. The van der Waals surface area contributed by atoms with Gasteiger partial charge in [0.05, 0.1) is 30.4 Å². The van der Waals surface area contributed by atoms with Gasteiger partial charge in [0.1, 0.15) is 0 Å². The van der Waals surface area contributed by atoms with Crippen molar-refractivity contribution in [2.24, 2.45) is 0 Å². The number of amides is 1. The molecule has 1 aliphatic rings. The molecule has 3 aromatic rings. The summed E-state index contributed by atoms with van der Waals surface area (Å²) >= 11 is 5.81. The standard InChI is InChI=1S/C24H29N5O3S2/c1-17-9-10-21(13-18(17)2)29-23(19-7-5-4-6-8-19)26-28(24(29)33)16-27(3)14-22(30)25-20-11-12-34(31,32)15-20/h4-10,13,20H,11-12,14-16H2,1-3H3,(H,25,30). The number of rotatable bonds is 7. The maximum absolute atomic E-state index is 12.5. The highest BCUT2D eigenvalue weighted by Gasteiger charge is 2.29. The molecule has 1 atom stereocenters. The van der Waals surface area contributed by atoms with Crippen molar-refractivity contribution in [1.82, 2.24) is 24.6 Å². The van der Waals surface area contributed by atoms with Gasteiger partial charge in [-0.25, -0.2) is 13.1 Å². The van der Waals surface area contributed by atoms with Gasteiger partial charge in [-0.3, -0.25) is 14.3 Å². The summed E-state index contributed by atoms with van der Waals surface area (Å²) in [4.78, 5) is 14.3. The van der Waals surface area contributed by atoms with E-state index in [1.54, 1.807) is 9.58 Å². The van der Waals surface area contributed by atoms with Crippen LogP contribution in [0.15, 0.2) is 48.5 Å². The smallest absolute Gasteiger partial charge is 0.234 e. The summed E-state index contributed by atoms with van der Waals surface area (Å²) in [5.74, 6) is 0.644. The van der Waals surface area contributed by atoms with Gasteiger partial charge in [-0.05, 0) is 62.8 Å². The van der Waals surface area contributed by atoms with E-state index in [0.717, 1.165) is 22.6 Å². The Morgan fingerprint density at radius 1 is 1.18 bits per heavy atom. The summed E-state index contributed by atoms with van der Waals surface area (Å²) in [5.41, 5.74) is 4.23. The molecule has 2 aromatic carbocycles. The molecule has 180 valence electrons. The van der Waals surface area contributed by atoms with Gasteiger partial charge in [-0.2, -0.15) is 0 Å². The largest absolute Gasteiger partial charge is 0.351 e. The van der Waals surface area contributed by atoms with E-state index in [1.807, 2.05) is 48.0 Å². The fraction of sp³-hybridized carbons (Fsp3) is 0.375. The first-order valence-corrected chi connectivity index (χ1v) is 13.4. The Morgan fingerprint density at radius 2 is 1.91 bits per heavy atom. The Morgan fingerprint density at radius 3 is 2.56 bits per heavy atom. The average molecular weight is 500 g/mol. The van der Waals surface area contributed by atoms with Crippen LogP contribution in [0.25, 0.3) is 17.1 Å². The van der Waals surface area contributed by atoms with E-state index in [2.05, 4.69) is 31.3 Å². The molecule has 0 bridgehead atoms. The first-order chi connectivity index (χ1) is 16.1. The predicted molar refractivity (Wildman–Crippen MR) is 135 cm³/mol. The molecule has 1 saturated heterocycles. The molecule has 0 spiro atoms. The number of aromatic nitrogens is 3. The third-order valence-electron chi connectivity index (χ3n) is 6.01. The first-order valence-electron chi connectivity index (χ1n) is 11.1. The SMILES string of the molecule is Cc1ccc(-n2c(-c3ccccc3)nn(CN(C)CC(=O)NC3CCS(=O)(=O)C3)c2=S)cc1C. The summed E-state index contributed by atoms with van der Waals surface area (Å²) in [6.07, 6.45) is 0.462. The number of nitrogens with one attached hydrogen (secondary N) is 1. The number of aryl methyl sites for hydroxylation is 2. The van der Waals surface area contributed by atoms with Crippen LogP contribution < -0.4 is 5.32 Å². The molecule has 0 aliphatic carbocycles. The molecule has 0 saturated carbocycles. The Hall–Kier alpha value is -2.82. The lowest BCUT2D eigenvalue weighted by molar-refractivity contribution is -0.122. The van der Waals surface area contributed by atoms with Gasteiger partial charge in [0.2, 0.25) is 10.7 Å². The van der Waals surface area contributed by atoms with Gasteiger partial charge in [0.15, 0.2) is 15.7 Å². The van der Waals surface area contributed by atoms with E-state index in [1.165, 1.54) is 5.56 Å². The predicted octanol–water partition coefficient (Wildman–Crippen LogP) is 2.88. The van der Waals surface area contributed by atoms with E-state index in [0.29, 0.717) is 17.9 Å². The number of benzene rings is 2. The van der Waals surface area contributed by atoms with E-state index in [9.17, 15) is 13.2 Å². The van der Waals surface area contributed by atoms with Gasteiger partial charge < -0.3 is 5.32 Å². The molecule has 34 heavy (non-hydrogen) atoms. The Labute approximate surface area is 205 Å². The minimum absolute atomic E-state index is 0.00825. The molecular weight excluding hydrogens is 470 g/mol. The lowest BCUT2D eigenvalue weighted by Crippen LogP contribution is -2.42. The maximum atomic E-state index is 12.5. The second-order valence-electron chi connectivity index (χ2n) is 8.90. The van der Waals surface area contributed by atoms with Crippen LogP contribution in [-0.4, -0.2) is 64.7 Å². The molecule has 0 radical (unpaired) electrons. The molecule has 4 rings (SSSR count). The number of carbonyl (C=O) groups excluding carboxylic acids is 1. The number of hydrogen-bond acceptors (Lipinski definition) is 6. The minimum atomic E-state index is -3.04. The van der Waals surface area contributed by atoms with Crippen molar-refractivity contribution in [2.75, 3.05) is 25.1 Å². The lowest BCUT2D eigenvalue weighted by Gasteiger charge is -2.18. The van der Waals surface area contributed by atoms with Gasteiger partial charge in [-0.15, -0.1) is 5.10 Å². The van der Waals surface area contributed by atoms with E-state index < -0.39 is 9.84 Å². The summed E-state index contributed by atoms with van der Waals surface area (Å²) in [7, 11) is -1.23. The van der Waals surface area contributed by atoms with E-state index in [4.69, 9.17) is 17.3 Å². The number of sulfone groups is 1. The fourth-order valence-corrected chi connectivity index (χ4v) is 6.04. The van der Waals surface area contributed by atoms with Crippen molar-refractivity contribution < 1.29 is 13.2 Å². The second-order valence-corrected chi connectivity index (χ2v) is 11.5. The fourth-order valence-electron chi connectivity index (χ4n) is 4.08. The molecule has 8 nitrogen and oxygen atoms in total. The zero-order valence-corrected chi connectivity index (χ0v) is 21.2. The van der Waals surface area contributed by atoms with Crippen molar-refractivity contribution in [2.45, 2.75) is 33.0 Å². The Kier molecular flexibility index (Phi) is 7.01. The maximum Gasteiger partial charge on any atom is 0.234 e. The van der Waals surface area contributed by atoms with Crippen molar-refractivity contribution in [1.29, 1.82) is 0 Å². The second kappa shape index (κ2) is 9.81. The van der Waals surface area contributed by atoms with E-state index in [-0.39, 0.29) is 30.0 Å². The molecule has 1 N–H and O–H groups in total. The van der Waals surface area contributed by atoms with Gasteiger partial charge in [0.25, 0.3) is 0 Å². The molecule has 1 fully saturated rings. The monoisotopic (exact) mass is 499 g/mol. The highest BCUT2D eigenvalue weighted by Crippen LogP contribution is 2.24. The molecular formula is C24H29N5O3S2. The van der Waals surface area contributed by atoms with Crippen LogP contribution >= 0.6 is 12.2 Å². The first kappa shape index (κ1) is 24.3. The third kappa shape index (κ3) is 5.45. The van der Waals surface area contributed by atoms with Crippen LogP contribution in [0.3, 0.4) is 0 Å². The quantitative estimate of drug-likeness (QED) is 0.503.